The van der Waals surface area contributed by atoms with Gasteiger partial charge < -0.3 is 9.84 Å². The second-order valence-corrected chi connectivity index (χ2v) is 7.10. The molecule has 0 atom stereocenters. The summed E-state index contributed by atoms with van der Waals surface area (Å²) in [6, 6.07) is 5.27. The molecule has 1 heterocycles. The number of hydrogen-bond donors (Lipinski definition) is 1. The molecule has 2 aliphatic rings. The van der Waals surface area contributed by atoms with Gasteiger partial charge in [-0.2, -0.15) is 0 Å². The fourth-order valence-electron chi connectivity index (χ4n) is 2.89. The number of nitrogens with zero attached hydrogens (tertiary/aromatic N) is 1. The number of hydrogen-bond acceptors (Lipinski definition) is 5. The highest BCUT2D eigenvalue weighted by atomic mass is 32.2. The van der Waals surface area contributed by atoms with Gasteiger partial charge in [-0.05, 0) is 36.6 Å². The minimum Gasteiger partial charge on any atom is -0.504 e. The van der Waals surface area contributed by atoms with Crippen molar-refractivity contribution in [3.63, 3.8) is 0 Å². The van der Waals surface area contributed by atoms with Crippen molar-refractivity contribution < 1.29 is 14.6 Å². The molecular formula is C16H17NO3S2. The summed E-state index contributed by atoms with van der Waals surface area (Å²) in [5.74, 6) is 0.465. The molecular weight excluding hydrogens is 318 g/mol. The molecule has 2 fully saturated rings. The zero-order valence-corrected chi connectivity index (χ0v) is 13.9. The molecule has 1 aliphatic carbocycles. The van der Waals surface area contributed by atoms with Crippen LogP contribution in [0.3, 0.4) is 0 Å². The zero-order chi connectivity index (χ0) is 15.7. The quantitative estimate of drug-likeness (QED) is 0.676. The molecule has 1 saturated heterocycles. The van der Waals surface area contributed by atoms with Crippen molar-refractivity contribution in [2.45, 2.75) is 31.7 Å². The Morgan fingerprint density at radius 2 is 2.14 bits per heavy atom. The number of thioether (sulfide) groups is 1. The SMILES string of the molecule is COc1cc(C=C2SC(=S)N(C3CCCC3)C2=O)ccc1O. The van der Waals surface area contributed by atoms with Gasteiger partial charge in [0.2, 0.25) is 0 Å². The van der Waals surface area contributed by atoms with Crippen molar-refractivity contribution in [3.05, 3.63) is 28.7 Å². The number of thiocarbonyl (C=S) groups is 1. The fraction of sp³-hybridized carbons (Fsp3) is 0.375. The van der Waals surface area contributed by atoms with E-state index in [-0.39, 0.29) is 17.7 Å². The minimum absolute atomic E-state index is 0.00561. The monoisotopic (exact) mass is 335 g/mol. The maximum atomic E-state index is 12.6. The predicted molar refractivity (Wildman–Crippen MR) is 91.9 cm³/mol. The number of rotatable bonds is 3. The van der Waals surface area contributed by atoms with E-state index in [1.807, 2.05) is 0 Å². The van der Waals surface area contributed by atoms with Crippen LogP contribution in [0.2, 0.25) is 0 Å². The number of ether oxygens (including phenoxy) is 1. The number of carbonyl (C=O) groups excluding carboxylic acids is 1. The third-order valence-electron chi connectivity index (χ3n) is 4.01. The van der Waals surface area contributed by atoms with Gasteiger partial charge in [0, 0.05) is 6.04 Å². The molecule has 1 aliphatic heterocycles. The summed E-state index contributed by atoms with van der Waals surface area (Å²) in [5.41, 5.74) is 0.807. The zero-order valence-electron chi connectivity index (χ0n) is 12.2. The van der Waals surface area contributed by atoms with Crippen molar-refractivity contribution in [1.29, 1.82) is 0 Å². The molecule has 4 nitrogen and oxygen atoms in total. The van der Waals surface area contributed by atoms with Crippen molar-refractivity contribution in [1.82, 2.24) is 4.90 Å². The first kappa shape index (κ1) is 15.4. The minimum atomic E-state index is -0.00561. The lowest BCUT2D eigenvalue weighted by Crippen LogP contribution is -2.36. The van der Waals surface area contributed by atoms with Crippen LogP contribution in [0.25, 0.3) is 6.08 Å². The molecule has 116 valence electrons. The van der Waals surface area contributed by atoms with Gasteiger partial charge in [-0.25, -0.2) is 0 Å². The average Bonchev–Trinajstić information content (AvgIpc) is 3.10. The van der Waals surface area contributed by atoms with Crippen LogP contribution in [0.5, 0.6) is 11.5 Å². The van der Waals surface area contributed by atoms with Crippen molar-refractivity contribution in [3.8, 4) is 11.5 Å². The number of amides is 1. The molecule has 0 aromatic heterocycles. The molecule has 1 aromatic carbocycles. The smallest absolute Gasteiger partial charge is 0.266 e. The van der Waals surface area contributed by atoms with Gasteiger partial charge in [0.05, 0.1) is 12.0 Å². The van der Waals surface area contributed by atoms with Crippen LogP contribution in [0.4, 0.5) is 0 Å². The van der Waals surface area contributed by atoms with E-state index >= 15 is 0 Å². The van der Waals surface area contributed by atoms with Crippen LogP contribution < -0.4 is 4.74 Å². The van der Waals surface area contributed by atoms with E-state index in [9.17, 15) is 9.90 Å². The number of phenols is 1. The van der Waals surface area contributed by atoms with Crippen molar-refractivity contribution in [2.75, 3.05) is 7.11 Å². The van der Waals surface area contributed by atoms with Gasteiger partial charge in [-0.15, -0.1) is 0 Å². The van der Waals surface area contributed by atoms with Crippen LogP contribution in [-0.4, -0.2) is 33.4 Å². The van der Waals surface area contributed by atoms with E-state index in [2.05, 4.69) is 0 Å². The normalized spacial score (nSPS) is 21.1. The van der Waals surface area contributed by atoms with Gasteiger partial charge in [0.15, 0.2) is 11.5 Å². The molecule has 3 rings (SSSR count). The molecule has 0 spiro atoms. The summed E-state index contributed by atoms with van der Waals surface area (Å²) >= 11 is 6.73. The third-order valence-corrected chi connectivity index (χ3v) is 5.35. The Kier molecular flexibility index (Phi) is 4.40. The Labute approximate surface area is 139 Å². The highest BCUT2D eigenvalue weighted by Gasteiger charge is 2.38. The first-order valence-electron chi connectivity index (χ1n) is 7.24. The van der Waals surface area contributed by atoms with Gasteiger partial charge >= 0.3 is 0 Å². The van der Waals surface area contributed by atoms with Crippen LogP contribution >= 0.6 is 24.0 Å². The van der Waals surface area contributed by atoms with Crippen LogP contribution in [0, 0.1) is 0 Å². The Morgan fingerprint density at radius 3 is 2.82 bits per heavy atom. The van der Waals surface area contributed by atoms with E-state index in [0.717, 1.165) is 31.2 Å². The number of methoxy groups -OCH3 is 1. The topological polar surface area (TPSA) is 49.8 Å². The summed E-state index contributed by atoms with van der Waals surface area (Å²) in [5, 5.41) is 9.63. The Morgan fingerprint density at radius 1 is 1.41 bits per heavy atom. The van der Waals surface area contributed by atoms with Gasteiger partial charge in [0.25, 0.3) is 5.91 Å². The summed E-state index contributed by atoms with van der Waals surface area (Å²) in [6.45, 7) is 0. The van der Waals surface area contributed by atoms with Gasteiger partial charge in [-0.1, -0.05) is 42.9 Å². The van der Waals surface area contributed by atoms with E-state index in [4.69, 9.17) is 17.0 Å². The van der Waals surface area contributed by atoms with E-state index < -0.39 is 0 Å². The molecule has 1 amide bonds. The molecule has 1 aromatic rings. The summed E-state index contributed by atoms with van der Waals surface area (Å²) in [6.07, 6.45) is 6.20. The molecule has 0 unspecified atom stereocenters. The molecule has 0 radical (unpaired) electrons. The third kappa shape index (κ3) is 2.85. The average molecular weight is 335 g/mol. The van der Waals surface area contributed by atoms with E-state index in [1.54, 1.807) is 29.2 Å². The number of aromatic hydroxyl groups is 1. The Bertz CT molecular complexity index is 651. The second kappa shape index (κ2) is 6.30. The highest BCUT2D eigenvalue weighted by molar-refractivity contribution is 8.26. The summed E-state index contributed by atoms with van der Waals surface area (Å²) in [7, 11) is 1.50. The maximum absolute atomic E-state index is 12.6. The highest BCUT2D eigenvalue weighted by Crippen LogP contribution is 2.38. The molecule has 1 saturated carbocycles. The molecule has 22 heavy (non-hydrogen) atoms. The van der Waals surface area contributed by atoms with Gasteiger partial charge in [-0.3, -0.25) is 9.69 Å². The molecule has 6 heteroatoms. The van der Waals surface area contributed by atoms with Crippen molar-refractivity contribution >= 4 is 40.3 Å². The fourth-order valence-corrected chi connectivity index (χ4v) is 4.29. The first-order chi connectivity index (χ1) is 10.6. The number of phenolic OH excluding ortho intramolecular Hbond substituents is 1. The largest absolute Gasteiger partial charge is 0.504 e. The number of carbonyl (C=O) groups is 1. The van der Waals surface area contributed by atoms with Crippen molar-refractivity contribution in [2.24, 2.45) is 0 Å². The lowest BCUT2D eigenvalue weighted by atomic mass is 10.1. The lowest BCUT2D eigenvalue weighted by Gasteiger charge is -2.21. The maximum Gasteiger partial charge on any atom is 0.266 e. The summed E-state index contributed by atoms with van der Waals surface area (Å²) < 4.78 is 5.74. The first-order valence-corrected chi connectivity index (χ1v) is 8.46. The van der Waals surface area contributed by atoms with Crippen LogP contribution in [0.1, 0.15) is 31.2 Å². The van der Waals surface area contributed by atoms with Crippen LogP contribution in [-0.2, 0) is 4.79 Å². The van der Waals surface area contributed by atoms with E-state index in [1.165, 1.54) is 18.9 Å². The Hall–Kier alpha value is -1.53. The summed E-state index contributed by atoms with van der Waals surface area (Å²) in [4.78, 5) is 15.0. The molecule has 1 N–H and O–H groups in total. The predicted octanol–water partition coefficient (Wildman–Crippen LogP) is 3.54. The van der Waals surface area contributed by atoms with E-state index in [0.29, 0.717) is 15.0 Å². The van der Waals surface area contributed by atoms with Gasteiger partial charge in [0.1, 0.15) is 4.32 Å². The second-order valence-electron chi connectivity index (χ2n) is 5.42. The Balaban J connectivity index is 1.86. The standard InChI is InChI=1S/C16H17NO3S2/c1-20-13-8-10(6-7-12(13)18)9-14-15(19)17(16(21)22-14)11-4-2-3-5-11/h6-9,11,18H,2-5H2,1H3. The number of benzene rings is 1. The van der Waals surface area contributed by atoms with Crippen LogP contribution in [0.15, 0.2) is 23.1 Å². The molecule has 0 bridgehead atoms. The lowest BCUT2D eigenvalue weighted by molar-refractivity contribution is -0.123.